The SMILES string of the molecule is CCC(C)C1COCN1C. The molecule has 1 rings (SSSR count). The lowest BCUT2D eigenvalue weighted by Gasteiger charge is -2.22. The fourth-order valence-corrected chi connectivity index (χ4v) is 1.41. The molecular weight excluding hydrogens is 126 g/mol. The zero-order valence-electron chi connectivity index (χ0n) is 7.13. The van der Waals surface area contributed by atoms with Crippen molar-refractivity contribution in [3.63, 3.8) is 0 Å². The molecule has 0 aromatic carbocycles. The molecule has 60 valence electrons. The third-order valence-electron chi connectivity index (χ3n) is 2.45. The van der Waals surface area contributed by atoms with Crippen molar-refractivity contribution in [2.45, 2.75) is 26.3 Å². The van der Waals surface area contributed by atoms with Crippen molar-refractivity contribution in [2.75, 3.05) is 20.4 Å². The van der Waals surface area contributed by atoms with Crippen molar-refractivity contribution < 1.29 is 4.74 Å². The molecule has 0 aromatic heterocycles. The standard InChI is InChI=1S/C8H17NO/c1-4-7(2)8-5-10-6-9(8)3/h7-8H,4-6H2,1-3H3. The molecule has 0 saturated carbocycles. The van der Waals surface area contributed by atoms with Crippen LogP contribution in [0.3, 0.4) is 0 Å². The summed E-state index contributed by atoms with van der Waals surface area (Å²) in [6, 6.07) is 0.657. The molecule has 0 bridgehead atoms. The molecule has 2 heteroatoms. The molecule has 1 saturated heterocycles. The first kappa shape index (κ1) is 8.02. The van der Waals surface area contributed by atoms with Crippen LogP contribution in [0.1, 0.15) is 20.3 Å². The van der Waals surface area contributed by atoms with Crippen LogP contribution in [0.2, 0.25) is 0 Å². The lowest BCUT2D eigenvalue weighted by atomic mass is 10.00. The molecular formula is C8H17NO. The Morgan fingerprint density at radius 3 is 2.80 bits per heavy atom. The van der Waals surface area contributed by atoms with E-state index in [9.17, 15) is 0 Å². The van der Waals surface area contributed by atoms with Crippen LogP contribution in [0.15, 0.2) is 0 Å². The third-order valence-corrected chi connectivity index (χ3v) is 2.45. The van der Waals surface area contributed by atoms with Crippen molar-refractivity contribution in [3.05, 3.63) is 0 Å². The van der Waals surface area contributed by atoms with Crippen LogP contribution >= 0.6 is 0 Å². The van der Waals surface area contributed by atoms with E-state index in [1.807, 2.05) is 0 Å². The van der Waals surface area contributed by atoms with E-state index in [2.05, 4.69) is 25.8 Å². The molecule has 2 nitrogen and oxygen atoms in total. The Balaban J connectivity index is 2.38. The van der Waals surface area contributed by atoms with Gasteiger partial charge < -0.3 is 4.74 Å². The number of hydrogen-bond acceptors (Lipinski definition) is 2. The van der Waals surface area contributed by atoms with Crippen molar-refractivity contribution in [3.8, 4) is 0 Å². The van der Waals surface area contributed by atoms with Crippen LogP contribution in [0.4, 0.5) is 0 Å². The van der Waals surface area contributed by atoms with Gasteiger partial charge in [-0.05, 0) is 13.0 Å². The molecule has 0 N–H and O–H groups in total. The molecule has 10 heavy (non-hydrogen) atoms. The van der Waals surface area contributed by atoms with E-state index < -0.39 is 0 Å². The molecule has 0 aliphatic carbocycles. The largest absolute Gasteiger partial charge is 0.364 e. The molecule has 1 heterocycles. The highest BCUT2D eigenvalue weighted by molar-refractivity contribution is 4.75. The summed E-state index contributed by atoms with van der Waals surface area (Å²) in [4.78, 5) is 2.29. The molecule has 0 aromatic rings. The number of nitrogens with zero attached hydrogens (tertiary/aromatic N) is 1. The monoisotopic (exact) mass is 143 g/mol. The third kappa shape index (κ3) is 1.50. The summed E-state index contributed by atoms with van der Waals surface area (Å²) < 4.78 is 5.32. The van der Waals surface area contributed by atoms with Crippen molar-refractivity contribution in [1.82, 2.24) is 4.90 Å². The van der Waals surface area contributed by atoms with E-state index in [0.29, 0.717) is 6.04 Å². The summed E-state index contributed by atoms with van der Waals surface area (Å²) >= 11 is 0. The summed E-state index contributed by atoms with van der Waals surface area (Å²) in [7, 11) is 2.13. The normalized spacial score (nSPS) is 30.9. The molecule has 1 fully saturated rings. The second kappa shape index (κ2) is 3.35. The zero-order chi connectivity index (χ0) is 7.56. The molecule has 1 aliphatic rings. The maximum absolute atomic E-state index is 5.32. The summed E-state index contributed by atoms with van der Waals surface area (Å²) in [5.74, 6) is 0.771. The Morgan fingerprint density at radius 2 is 2.40 bits per heavy atom. The first-order chi connectivity index (χ1) is 4.75. The van der Waals surface area contributed by atoms with Crippen molar-refractivity contribution >= 4 is 0 Å². The second-order valence-electron chi connectivity index (χ2n) is 3.21. The first-order valence-electron chi connectivity index (χ1n) is 4.03. The van der Waals surface area contributed by atoms with E-state index >= 15 is 0 Å². The lowest BCUT2D eigenvalue weighted by Crippen LogP contribution is -2.32. The van der Waals surface area contributed by atoms with Crippen LogP contribution in [-0.4, -0.2) is 31.3 Å². The summed E-state index contributed by atoms with van der Waals surface area (Å²) in [5, 5.41) is 0. The predicted octanol–water partition coefficient (Wildman–Crippen LogP) is 1.32. The Kier molecular flexibility index (Phi) is 2.69. The zero-order valence-corrected chi connectivity index (χ0v) is 7.13. The minimum absolute atomic E-state index is 0.657. The molecule has 1 aliphatic heterocycles. The second-order valence-corrected chi connectivity index (χ2v) is 3.21. The quantitative estimate of drug-likeness (QED) is 0.578. The van der Waals surface area contributed by atoms with Gasteiger partial charge in [0.05, 0.1) is 13.3 Å². The van der Waals surface area contributed by atoms with E-state index in [0.717, 1.165) is 19.3 Å². The maximum Gasteiger partial charge on any atom is 0.0991 e. The Morgan fingerprint density at radius 1 is 1.70 bits per heavy atom. The van der Waals surface area contributed by atoms with Crippen LogP contribution in [0, 0.1) is 5.92 Å². The van der Waals surface area contributed by atoms with E-state index in [4.69, 9.17) is 4.74 Å². The van der Waals surface area contributed by atoms with Gasteiger partial charge in [0.15, 0.2) is 0 Å². The summed E-state index contributed by atoms with van der Waals surface area (Å²) in [5.41, 5.74) is 0. The van der Waals surface area contributed by atoms with Gasteiger partial charge in [0.1, 0.15) is 0 Å². The highest BCUT2D eigenvalue weighted by Gasteiger charge is 2.25. The Labute approximate surface area is 63.2 Å². The van der Waals surface area contributed by atoms with Gasteiger partial charge in [-0.2, -0.15) is 0 Å². The van der Waals surface area contributed by atoms with E-state index in [1.165, 1.54) is 6.42 Å². The average molecular weight is 143 g/mol. The summed E-state index contributed by atoms with van der Waals surface area (Å²) in [6.45, 7) is 6.26. The van der Waals surface area contributed by atoms with Gasteiger partial charge in [-0.15, -0.1) is 0 Å². The lowest BCUT2D eigenvalue weighted by molar-refractivity contribution is 0.152. The van der Waals surface area contributed by atoms with Crippen molar-refractivity contribution in [1.29, 1.82) is 0 Å². The van der Waals surface area contributed by atoms with Crippen LogP contribution in [0.5, 0.6) is 0 Å². The molecule has 2 atom stereocenters. The topological polar surface area (TPSA) is 12.5 Å². The van der Waals surface area contributed by atoms with Crippen LogP contribution < -0.4 is 0 Å². The first-order valence-corrected chi connectivity index (χ1v) is 4.03. The average Bonchev–Trinajstić information content (AvgIpc) is 2.34. The van der Waals surface area contributed by atoms with E-state index in [-0.39, 0.29) is 0 Å². The van der Waals surface area contributed by atoms with Crippen LogP contribution in [0.25, 0.3) is 0 Å². The van der Waals surface area contributed by atoms with Gasteiger partial charge in [0.2, 0.25) is 0 Å². The van der Waals surface area contributed by atoms with Gasteiger partial charge in [-0.25, -0.2) is 0 Å². The smallest absolute Gasteiger partial charge is 0.0991 e. The number of likely N-dealkylation sites (N-methyl/N-ethyl adjacent to an activating group) is 1. The number of rotatable bonds is 2. The molecule has 0 amide bonds. The van der Waals surface area contributed by atoms with Crippen LogP contribution in [-0.2, 0) is 4.74 Å². The summed E-state index contributed by atoms with van der Waals surface area (Å²) in [6.07, 6.45) is 1.25. The van der Waals surface area contributed by atoms with Gasteiger partial charge in [0.25, 0.3) is 0 Å². The Bertz CT molecular complexity index is 105. The number of hydrogen-bond donors (Lipinski definition) is 0. The fraction of sp³-hybridized carbons (Fsp3) is 1.00. The van der Waals surface area contributed by atoms with Gasteiger partial charge in [0, 0.05) is 6.04 Å². The fourth-order valence-electron chi connectivity index (χ4n) is 1.41. The van der Waals surface area contributed by atoms with Crippen molar-refractivity contribution in [2.24, 2.45) is 5.92 Å². The number of ether oxygens (including phenoxy) is 1. The van der Waals surface area contributed by atoms with Gasteiger partial charge >= 0.3 is 0 Å². The van der Waals surface area contributed by atoms with Gasteiger partial charge in [-0.3, -0.25) is 4.90 Å². The highest BCUT2D eigenvalue weighted by Crippen LogP contribution is 2.17. The Hall–Kier alpha value is -0.0800. The molecule has 0 radical (unpaired) electrons. The molecule has 0 spiro atoms. The minimum atomic E-state index is 0.657. The molecule has 2 unspecified atom stereocenters. The van der Waals surface area contributed by atoms with E-state index in [1.54, 1.807) is 0 Å². The predicted molar refractivity (Wildman–Crippen MR) is 41.8 cm³/mol. The minimum Gasteiger partial charge on any atom is -0.364 e. The maximum atomic E-state index is 5.32. The highest BCUT2D eigenvalue weighted by atomic mass is 16.5. The van der Waals surface area contributed by atoms with Gasteiger partial charge in [-0.1, -0.05) is 20.3 Å².